The van der Waals surface area contributed by atoms with Crippen LogP contribution < -0.4 is 10.6 Å². The third kappa shape index (κ3) is 4.74. The number of amides is 1. The lowest BCUT2D eigenvalue weighted by Gasteiger charge is -2.13. The maximum atomic E-state index is 12.3. The van der Waals surface area contributed by atoms with Gasteiger partial charge in [0.15, 0.2) is 0 Å². The number of anilines is 1. The molecule has 4 nitrogen and oxygen atoms in total. The lowest BCUT2D eigenvalue weighted by Crippen LogP contribution is -2.36. The standard InChI is InChI=1S/C18H21N3O/c1-3-14(2)19-18(20-16-12-8-5-9-13-16)21-17(22)15-10-6-4-7-11-15/h4-14H,3H2,1-2H3,(H2,19,20,21,22). The van der Waals surface area contributed by atoms with Gasteiger partial charge in [0.1, 0.15) is 0 Å². The van der Waals surface area contributed by atoms with Crippen molar-refractivity contribution in [2.45, 2.75) is 26.3 Å². The van der Waals surface area contributed by atoms with Crippen LogP contribution in [0.2, 0.25) is 0 Å². The van der Waals surface area contributed by atoms with Gasteiger partial charge in [0.2, 0.25) is 5.96 Å². The molecule has 0 saturated carbocycles. The van der Waals surface area contributed by atoms with E-state index in [0.29, 0.717) is 11.5 Å². The van der Waals surface area contributed by atoms with E-state index < -0.39 is 0 Å². The second kappa shape index (κ2) is 7.98. The van der Waals surface area contributed by atoms with Crippen molar-refractivity contribution >= 4 is 17.6 Å². The first-order valence-corrected chi connectivity index (χ1v) is 7.45. The van der Waals surface area contributed by atoms with Crippen LogP contribution in [0.1, 0.15) is 30.6 Å². The molecule has 2 aromatic carbocycles. The van der Waals surface area contributed by atoms with Gasteiger partial charge in [-0.1, -0.05) is 43.3 Å². The largest absolute Gasteiger partial charge is 0.326 e. The molecule has 1 amide bonds. The zero-order chi connectivity index (χ0) is 15.8. The molecule has 0 aliphatic carbocycles. The van der Waals surface area contributed by atoms with Gasteiger partial charge in [-0.2, -0.15) is 0 Å². The number of rotatable bonds is 4. The lowest BCUT2D eigenvalue weighted by atomic mass is 10.2. The Labute approximate surface area is 131 Å². The van der Waals surface area contributed by atoms with Crippen LogP contribution in [0.25, 0.3) is 0 Å². The van der Waals surface area contributed by atoms with E-state index in [0.717, 1.165) is 12.1 Å². The van der Waals surface area contributed by atoms with Crippen LogP contribution in [0.5, 0.6) is 0 Å². The van der Waals surface area contributed by atoms with Gasteiger partial charge in [0.25, 0.3) is 5.91 Å². The van der Waals surface area contributed by atoms with Crippen LogP contribution in [0.3, 0.4) is 0 Å². The van der Waals surface area contributed by atoms with Crippen molar-refractivity contribution in [3.8, 4) is 0 Å². The number of benzene rings is 2. The minimum atomic E-state index is -0.175. The molecule has 2 aromatic rings. The van der Waals surface area contributed by atoms with Crippen molar-refractivity contribution in [2.75, 3.05) is 5.32 Å². The van der Waals surface area contributed by atoms with Gasteiger partial charge in [-0.25, -0.2) is 4.99 Å². The number of carbonyl (C=O) groups excluding carboxylic acids is 1. The molecule has 1 atom stereocenters. The minimum Gasteiger partial charge on any atom is -0.326 e. The summed E-state index contributed by atoms with van der Waals surface area (Å²) in [6.07, 6.45) is 0.904. The van der Waals surface area contributed by atoms with E-state index in [9.17, 15) is 4.79 Å². The molecule has 0 bridgehead atoms. The molecule has 114 valence electrons. The van der Waals surface area contributed by atoms with E-state index in [2.05, 4.69) is 22.5 Å². The monoisotopic (exact) mass is 295 g/mol. The first kappa shape index (κ1) is 15.8. The van der Waals surface area contributed by atoms with Gasteiger partial charge < -0.3 is 5.32 Å². The molecule has 0 aliphatic rings. The van der Waals surface area contributed by atoms with Crippen molar-refractivity contribution in [3.05, 3.63) is 66.2 Å². The molecule has 0 spiro atoms. The van der Waals surface area contributed by atoms with Crippen LogP contribution in [-0.2, 0) is 0 Å². The highest BCUT2D eigenvalue weighted by atomic mass is 16.1. The fourth-order valence-electron chi connectivity index (χ4n) is 1.83. The Morgan fingerprint density at radius 2 is 1.64 bits per heavy atom. The number of hydrogen-bond donors (Lipinski definition) is 2. The number of nitrogens with one attached hydrogen (secondary N) is 2. The number of carbonyl (C=O) groups is 1. The van der Waals surface area contributed by atoms with Crippen LogP contribution in [0, 0.1) is 0 Å². The smallest absolute Gasteiger partial charge is 0.257 e. The molecular formula is C18H21N3O. The van der Waals surface area contributed by atoms with E-state index in [4.69, 9.17) is 0 Å². The summed E-state index contributed by atoms with van der Waals surface area (Å²) in [5.41, 5.74) is 1.49. The third-order valence-corrected chi connectivity index (χ3v) is 3.24. The number of para-hydroxylation sites is 1. The van der Waals surface area contributed by atoms with Crippen molar-refractivity contribution in [1.29, 1.82) is 0 Å². The highest BCUT2D eigenvalue weighted by Gasteiger charge is 2.09. The van der Waals surface area contributed by atoms with Crippen molar-refractivity contribution in [1.82, 2.24) is 5.32 Å². The van der Waals surface area contributed by atoms with E-state index in [1.807, 2.05) is 55.5 Å². The average Bonchev–Trinajstić information content (AvgIpc) is 2.56. The quantitative estimate of drug-likeness (QED) is 0.668. The summed E-state index contributed by atoms with van der Waals surface area (Å²) in [4.78, 5) is 16.8. The van der Waals surface area contributed by atoms with Crippen molar-refractivity contribution < 1.29 is 4.79 Å². The topological polar surface area (TPSA) is 53.5 Å². The van der Waals surface area contributed by atoms with Crippen molar-refractivity contribution in [2.24, 2.45) is 4.99 Å². The van der Waals surface area contributed by atoms with E-state index in [1.54, 1.807) is 12.1 Å². The van der Waals surface area contributed by atoms with Gasteiger partial charge in [0, 0.05) is 11.3 Å². The van der Waals surface area contributed by atoms with Gasteiger partial charge in [-0.3, -0.25) is 10.1 Å². The molecule has 0 saturated heterocycles. The fourth-order valence-corrected chi connectivity index (χ4v) is 1.83. The molecule has 0 aromatic heterocycles. The van der Waals surface area contributed by atoms with E-state index in [-0.39, 0.29) is 11.9 Å². The Morgan fingerprint density at radius 3 is 2.23 bits per heavy atom. The Morgan fingerprint density at radius 1 is 1.05 bits per heavy atom. The predicted molar refractivity (Wildman–Crippen MR) is 91.2 cm³/mol. The normalized spacial score (nSPS) is 12.5. The molecule has 0 radical (unpaired) electrons. The molecule has 0 fully saturated rings. The summed E-state index contributed by atoms with van der Waals surface area (Å²) in [5, 5.41) is 6.01. The lowest BCUT2D eigenvalue weighted by molar-refractivity contribution is 0.0977. The number of guanidine groups is 1. The SMILES string of the molecule is CCC(C)N=C(NC(=O)c1ccccc1)Nc1ccccc1. The summed E-state index contributed by atoms with van der Waals surface area (Å²) in [7, 11) is 0. The second-order valence-electron chi connectivity index (χ2n) is 5.05. The number of nitrogens with zero attached hydrogens (tertiary/aromatic N) is 1. The molecule has 0 aliphatic heterocycles. The number of hydrogen-bond acceptors (Lipinski definition) is 2. The summed E-state index contributed by atoms with van der Waals surface area (Å²) in [6.45, 7) is 4.08. The maximum Gasteiger partial charge on any atom is 0.257 e. The Bertz CT molecular complexity index is 623. The predicted octanol–water partition coefficient (Wildman–Crippen LogP) is 3.68. The van der Waals surface area contributed by atoms with Gasteiger partial charge in [-0.05, 0) is 37.6 Å². The van der Waals surface area contributed by atoms with Crippen LogP contribution in [-0.4, -0.2) is 17.9 Å². The summed E-state index contributed by atoms with van der Waals surface area (Å²) in [5.74, 6) is 0.292. The average molecular weight is 295 g/mol. The van der Waals surface area contributed by atoms with Gasteiger partial charge in [0.05, 0.1) is 6.04 Å². The minimum absolute atomic E-state index is 0.127. The van der Waals surface area contributed by atoms with Crippen molar-refractivity contribution in [3.63, 3.8) is 0 Å². The Kier molecular flexibility index (Phi) is 5.72. The fraction of sp³-hybridized carbons (Fsp3) is 0.222. The Hall–Kier alpha value is -2.62. The zero-order valence-corrected chi connectivity index (χ0v) is 12.9. The first-order chi connectivity index (χ1) is 10.7. The van der Waals surface area contributed by atoms with Gasteiger partial charge in [-0.15, -0.1) is 0 Å². The Balaban J connectivity index is 2.14. The van der Waals surface area contributed by atoms with E-state index >= 15 is 0 Å². The molecule has 4 heteroatoms. The summed E-state index contributed by atoms with van der Waals surface area (Å²) < 4.78 is 0. The third-order valence-electron chi connectivity index (χ3n) is 3.24. The van der Waals surface area contributed by atoms with Crippen LogP contribution in [0.4, 0.5) is 5.69 Å². The molecule has 2 rings (SSSR count). The molecule has 0 heterocycles. The zero-order valence-electron chi connectivity index (χ0n) is 12.9. The summed E-state index contributed by atoms with van der Waals surface area (Å²) in [6, 6.07) is 18.9. The summed E-state index contributed by atoms with van der Waals surface area (Å²) >= 11 is 0. The molecule has 22 heavy (non-hydrogen) atoms. The highest BCUT2D eigenvalue weighted by Crippen LogP contribution is 2.06. The molecule has 1 unspecified atom stereocenters. The molecule has 2 N–H and O–H groups in total. The first-order valence-electron chi connectivity index (χ1n) is 7.45. The maximum absolute atomic E-state index is 12.3. The van der Waals surface area contributed by atoms with Crippen LogP contribution in [0.15, 0.2) is 65.7 Å². The molecular weight excluding hydrogens is 274 g/mol. The van der Waals surface area contributed by atoms with Crippen LogP contribution >= 0.6 is 0 Å². The highest BCUT2D eigenvalue weighted by molar-refractivity contribution is 6.09. The van der Waals surface area contributed by atoms with Gasteiger partial charge >= 0.3 is 0 Å². The number of aliphatic imine (C=N–C) groups is 1. The second-order valence-corrected chi connectivity index (χ2v) is 5.05. The van der Waals surface area contributed by atoms with E-state index in [1.165, 1.54) is 0 Å².